The molecule has 0 spiro atoms. The van der Waals surface area contributed by atoms with Gasteiger partial charge in [0.05, 0.1) is 11.7 Å². The molecule has 0 N–H and O–H groups in total. The summed E-state index contributed by atoms with van der Waals surface area (Å²) in [6.07, 6.45) is 2.16. The highest BCUT2D eigenvalue weighted by Gasteiger charge is 2.32. The van der Waals surface area contributed by atoms with Crippen LogP contribution in [0.1, 0.15) is 30.9 Å². The minimum Gasteiger partial charge on any atom is -0.486 e. The molecule has 2 amide bonds. The largest absolute Gasteiger partial charge is 0.486 e. The molecular weight excluding hydrogens is 384 g/mol. The van der Waals surface area contributed by atoms with Crippen LogP contribution in [0.25, 0.3) is 0 Å². The average molecular weight is 408 g/mol. The molecule has 0 unspecified atom stereocenters. The van der Waals surface area contributed by atoms with Gasteiger partial charge in [-0.1, -0.05) is 18.2 Å². The van der Waals surface area contributed by atoms with E-state index in [1.54, 1.807) is 4.90 Å². The molecule has 2 aromatic rings. The lowest BCUT2D eigenvalue weighted by Crippen LogP contribution is -2.41. The number of amides is 2. The highest BCUT2D eigenvalue weighted by molar-refractivity contribution is 5.98. The van der Waals surface area contributed by atoms with Gasteiger partial charge in [-0.2, -0.15) is 0 Å². The summed E-state index contributed by atoms with van der Waals surface area (Å²) in [5.41, 5.74) is 1.80. The molecule has 0 saturated carbocycles. The first-order chi connectivity index (χ1) is 14.7. The predicted molar refractivity (Wildman–Crippen MR) is 110 cm³/mol. The second-order valence-electron chi connectivity index (χ2n) is 7.70. The van der Waals surface area contributed by atoms with Gasteiger partial charge in [0.15, 0.2) is 18.1 Å². The van der Waals surface area contributed by atoms with Crippen LogP contribution in [0.3, 0.4) is 0 Å². The number of likely N-dealkylation sites (tertiary alicyclic amines) is 1. The number of hydrogen-bond donors (Lipinski definition) is 0. The van der Waals surface area contributed by atoms with Gasteiger partial charge >= 0.3 is 0 Å². The average Bonchev–Trinajstić information content (AvgIpc) is 3.28. The van der Waals surface area contributed by atoms with Gasteiger partial charge in [-0.25, -0.2) is 0 Å². The number of hydrogen-bond acceptors (Lipinski definition) is 5. The summed E-state index contributed by atoms with van der Waals surface area (Å²) in [6.45, 7) is 2.19. The molecule has 1 fully saturated rings. The summed E-state index contributed by atoms with van der Waals surface area (Å²) >= 11 is 0. The summed E-state index contributed by atoms with van der Waals surface area (Å²) in [6, 6.07) is 13.4. The first kappa shape index (κ1) is 18.8. The Morgan fingerprint density at radius 3 is 2.73 bits per heavy atom. The van der Waals surface area contributed by atoms with Crippen LogP contribution < -0.4 is 19.1 Å². The smallest absolute Gasteiger partial charge is 0.265 e. The molecule has 156 valence electrons. The Kier molecular flexibility index (Phi) is 4.94. The molecule has 3 heterocycles. The van der Waals surface area contributed by atoms with Crippen molar-refractivity contribution in [1.82, 2.24) is 4.90 Å². The third-order valence-electron chi connectivity index (χ3n) is 5.88. The maximum Gasteiger partial charge on any atom is 0.265 e. The van der Waals surface area contributed by atoms with Crippen LogP contribution in [-0.2, 0) is 9.59 Å². The van der Waals surface area contributed by atoms with E-state index >= 15 is 0 Å². The third-order valence-corrected chi connectivity index (χ3v) is 5.88. The van der Waals surface area contributed by atoms with Crippen molar-refractivity contribution in [3.8, 4) is 17.2 Å². The molecule has 30 heavy (non-hydrogen) atoms. The number of nitrogens with zero attached hydrogens (tertiary/aromatic N) is 2. The Hall–Kier alpha value is -3.22. The Labute approximate surface area is 175 Å². The maximum atomic E-state index is 13.1. The van der Waals surface area contributed by atoms with E-state index in [4.69, 9.17) is 14.2 Å². The summed E-state index contributed by atoms with van der Waals surface area (Å²) in [4.78, 5) is 29.0. The van der Waals surface area contributed by atoms with Crippen LogP contribution in [0.2, 0.25) is 0 Å². The molecule has 1 saturated heterocycles. The van der Waals surface area contributed by atoms with Crippen LogP contribution in [0.4, 0.5) is 5.69 Å². The van der Waals surface area contributed by atoms with Crippen LogP contribution >= 0.6 is 0 Å². The highest BCUT2D eigenvalue weighted by Crippen LogP contribution is 2.38. The van der Waals surface area contributed by atoms with Gasteiger partial charge in [0.1, 0.15) is 19.0 Å². The lowest BCUT2D eigenvalue weighted by atomic mass is 10.0. The summed E-state index contributed by atoms with van der Waals surface area (Å²) in [5.74, 6) is 2.12. The molecular formula is C23H24N2O5. The molecule has 3 aliphatic rings. The number of fused-ring (bicyclic) bond motifs is 2. The van der Waals surface area contributed by atoms with Gasteiger partial charge in [-0.05, 0) is 42.7 Å². The maximum absolute atomic E-state index is 13.1. The van der Waals surface area contributed by atoms with E-state index in [0.29, 0.717) is 25.5 Å². The topological polar surface area (TPSA) is 68.3 Å². The lowest BCUT2D eigenvalue weighted by Gasteiger charge is -2.31. The van der Waals surface area contributed by atoms with E-state index < -0.39 is 0 Å². The van der Waals surface area contributed by atoms with Crippen LogP contribution in [0.5, 0.6) is 17.2 Å². The van der Waals surface area contributed by atoms with Crippen LogP contribution in [0.15, 0.2) is 42.5 Å². The van der Waals surface area contributed by atoms with Crippen molar-refractivity contribution in [1.29, 1.82) is 0 Å². The number of rotatable bonds is 4. The van der Waals surface area contributed by atoms with Gasteiger partial charge in [-0.15, -0.1) is 0 Å². The number of benzene rings is 2. The van der Waals surface area contributed by atoms with Crippen molar-refractivity contribution < 1.29 is 23.8 Å². The van der Waals surface area contributed by atoms with Crippen molar-refractivity contribution >= 4 is 17.5 Å². The number of carbonyl (C=O) groups is 2. The summed E-state index contributed by atoms with van der Waals surface area (Å²) in [5, 5.41) is 0. The number of para-hydroxylation sites is 2. The van der Waals surface area contributed by atoms with Gasteiger partial charge in [0.25, 0.3) is 5.91 Å². The molecule has 0 radical (unpaired) electrons. The molecule has 2 aromatic carbocycles. The number of ether oxygens (including phenoxy) is 3. The molecule has 0 aliphatic carbocycles. The molecule has 7 heteroatoms. The molecule has 0 aromatic heterocycles. The Morgan fingerprint density at radius 1 is 1.00 bits per heavy atom. The predicted octanol–water partition coefficient (Wildman–Crippen LogP) is 2.94. The Balaban J connectivity index is 1.29. The quantitative estimate of drug-likeness (QED) is 0.778. The molecule has 3 aliphatic heterocycles. The molecule has 5 rings (SSSR count). The van der Waals surface area contributed by atoms with Crippen molar-refractivity contribution in [3.63, 3.8) is 0 Å². The van der Waals surface area contributed by atoms with Crippen LogP contribution in [-0.4, -0.2) is 49.6 Å². The Bertz CT molecular complexity index is 976. The van der Waals surface area contributed by atoms with E-state index in [2.05, 4.69) is 0 Å². The van der Waals surface area contributed by atoms with Crippen molar-refractivity contribution in [2.45, 2.75) is 25.3 Å². The highest BCUT2D eigenvalue weighted by atomic mass is 16.6. The number of anilines is 1. The fourth-order valence-corrected chi connectivity index (χ4v) is 4.43. The normalized spacial score (nSPS) is 20.0. The first-order valence-corrected chi connectivity index (χ1v) is 10.4. The zero-order valence-corrected chi connectivity index (χ0v) is 16.7. The zero-order chi connectivity index (χ0) is 20.5. The molecule has 7 nitrogen and oxygen atoms in total. The van der Waals surface area contributed by atoms with Gasteiger partial charge < -0.3 is 24.0 Å². The second-order valence-corrected chi connectivity index (χ2v) is 7.70. The fourth-order valence-electron chi connectivity index (χ4n) is 4.43. The first-order valence-electron chi connectivity index (χ1n) is 10.4. The standard InChI is InChI=1S/C23H24N2O5/c26-22(9-11-25-18-4-1-2-6-19(18)30-15-23(25)27)24-10-3-5-17(24)16-7-8-20-21(14-16)29-13-12-28-20/h1-2,4,6-8,14,17H,3,5,9-13,15H2/t17-/m0/s1. The van der Waals surface area contributed by atoms with Gasteiger partial charge in [0, 0.05) is 19.5 Å². The van der Waals surface area contributed by atoms with Gasteiger partial charge in [0.2, 0.25) is 5.91 Å². The monoisotopic (exact) mass is 408 g/mol. The minimum atomic E-state index is -0.119. The third kappa shape index (κ3) is 3.44. The summed E-state index contributed by atoms with van der Waals surface area (Å²) in [7, 11) is 0. The minimum absolute atomic E-state index is 0.00867. The van der Waals surface area contributed by atoms with E-state index in [1.165, 1.54) is 0 Å². The molecule has 1 atom stereocenters. The number of carbonyl (C=O) groups excluding carboxylic acids is 2. The SMILES string of the molecule is O=C1COc2ccccc2N1CCC(=O)N1CCC[C@H]1c1ccc2c(c1)OCCO2. The van der Waals surface area contributed by atoms with E-state index in [1.807, 2.05) is 47.4 Å². The van der Waals surface area contributed by atoms with E-state index in [9.17, 15) is 9.59 Å². The second kappa shape index (κ2) is 7.89. The van der Waals surface area contributed by atoms with E-state index in [0.717, 1.165) is 42.1 Å². The van der Waals surface area contributed by atoms with Crippen molar-refractivity contribution in [3.05, 3.63) is 48.0 Å². The fraction of sp³-hybridized carbons (Fsp3) is 0.391. The lowest BCUT2D eigenvalue weighted by molar-refractivity contribution is -0.132. The molecule has 0 bridgehead atoms. The van der Waals surface area contributed by atoms with Crippen LogP contribution in [0, 0.1) is 0 Å². The van der Waals surface area contributed by atoms with Gasteiger partial charge in [-0.3, -0.25) is 9.59 Å². The Morgan fingerprint density at radius 2 is 1.83 bits per heavy atom. The van der Waals surface area contributed by atoms with Crippen molar-refractivity contribution in [2.75, 3.05) is 37.8 Å². The van der Waals surface area contributed by atoms with Crippen molar-refractivity contribution in [2.24, 2.45) is 0 Å². The summed E-state index contributed by atoms with van der Waals surface area (Å²) < 4.78 is 16.8. The van der Waals surface area contributed by atoms with E-state index in [-0.39, 0.29) is 30.9 Å². The zero-order valence-electron chi connectivity index (χ0n) is 16.7.